The monoisotopic (exact) mass is 456 g/mol. The summed E-state index contributed by atoms with van der Waals surface area (Å²) in [7, 11) is 1.25. The van der Waals surface area contributed by atoms with E-state index < -0.39 is 42.0 Å². The van der Waals surface area contributed by atoms with Gasteiger partial charge in [-0.3, -0.25) is 9.59 Å². The molecule has 0 aliphatic carbocycles. The predicted octanol–water partition coefficient (Wildman–Crippen LogP) is 3.44. The molecular weight excluding hydrogens is 428 g/mol. The lowest BCUT2D eigenvalue weighted by Crippen LogP contribution is -2.47. The second kappa shape index (κ2) is 11.7. The molecule has 0 unspecified atom stereocenters. The summed E-state index contributed by atoms with van der Waals surface area (Å²) in [5.74, 6) is -1.93. The number of ether oxygens (including phenoxy) is 3. The SMILES string of the molecule is COC(=O)c1cccc(NC(=O)[C@H](CC(=O)OCc2ccccc2)NC(=O)OC(C)(C)C)c1. The van der Waals surface area contributed by atoms with Gasteiger partial charge in [-0.1, -0.05) is 36.4 Å². The van der Waals surface area contributed by atoms with Crippen molar-refractivity contribution in [2.45, 2.75) is 45.4 Å². The molecule has 2 aromatic rings. The molecule has 9 nitrogen and oxygen atoms in total. The van der Waals surface area contributed by atoms with Crippen LogP contribution in [0.4, 0.5) is 10.5 Å². The van der Waals surface area contributed by atoms with Crippen molar-refractivity contribution in [1.82, 2.24) is 5.32 Å². The Balaban J connectivity index is 2.10. The molecule has 0 saturated carbocycles. The van der Waals surface area contributed by atoms with Gasteiger partial charge in [0.1, 0.15) is 18.2 Å². The van der Waals surface area contributed by atoms with Crippen LogP contribution >= 0.6 is 0 Å². The Morgan fingerprint density at radius 3 is 2.30 bits per heavy atom. The molecule has 2 rings (SSSR count). The van der Waals surface area contributed by atoms with Crippen molar-refractivity contribution in [3.8, 4) is 0 Å². The summed E-state index contributed by atoms with van der Waals surface area (Å²) in [4.78, 5) is 49.2. The van der Waals surface area contributed by atoms with Crippen LogP contribution in [0.2, 0.25) is 0 Å². The number of hydrogen-bond donors (Lipinski definition) is 2. The highest BCUT2D eigenvalue weighted by Crippen LogP contribution is 2.14. The highest BCUT2D eigenvalue weighted by atomic mass is 16.6. The van der Waals surface area contributed by atoms with Crippen molar-refractivity contribution in [2.24, 2.45) is 0 Å². The van der Waals surface area contributed by atoms with E-state index in [4.69, 9.17) is 9.47 Å². The number of esters is 2. The van der Waals surface area contributed by atoms with Gasteiger partial charge in [0.05, 0.1) is 19.1 Å². The third-order valence-corrected chi connectivity index (χ3v) is 4.17. The quantitative estimate of drug-likeness (QED) is 0.461. The van der Waals surface area contributed by atoms with Gasteiger partial charge in [-0.2, -0.15) is 0 Å². The summed E-state index contributed by atoms with van der Waals surface area (Å²) in [6, 6.07) is 13.8. The summed E-state index contributed by atoms with van der Waals surface area (Å²) < 4.78 is 15.1. The summed E-state index contributed by atoms with van der Waals surface area (Å²) in [5, 5.41) is 4.99. The Kier molecular flexibility index (Phi) is 8.97. The van der Waals surface area contributed by atoms with E-state index in [1.54, 1.807) is 45.0 Å². The zero-order valence-corrected chi connectivity index (χ0v) is 19.0. The molecule has 1 atom stereocenters. The van der Waals surface area contributed by atoms with Gasteiger partial charge in [0.2, 0.25) is 5.91 Å². The fraction of sp³-hybridized carbons (Fsp3) is 0.333. The van der Waals surface area contributed by atoms with Crippen LogP contribution in [0.15, 0.2) is 54.6 Å². The lowest BCUT2D eigenvalue weighted by atomic mass is 10.1. The van der Waals surface area contributed by atoms with Gasteiger partial charge in [0, 0.05) is 5.69 Å². The van der Waals surface area contributed by atoms with Gasteiger partial charge in [-0.15, -0.1) is 0 Å². The van der Waals surface area contributed by atoms with E-state index in [1.807, 2.05) is 18.2 Å². The van der Waals surface area contributed by atoms with Crippen LogP contribution in [-0.2, 0) is 30.4 Å². The van der Waals surface area contributed by atoms with Crippen molar-refractivity contribution in [2.75, 3.05) is 12.4 Å². The van der Waals surface area contributed by atoms with E-state index in [2.05, 4.69) is 15.4 Å². The van der Waals surface area contributed by atoms with Crippen molar-refractivity contribution in [1.29, 1.82) is 0 Å². The van der Waals surface area contributed by atoms with Crippen LogP contribution < -0.4 is 10.6 Å². The molecule has 0 bridgehead atoms. The molecule has 0 aromatic heterocycles. The van der Waals surface area contributed by atoms with E-state index >= 15 is 0 Å². The number of benzene rings is 2. The summed E-state index contributed by atoms with van der Waals surface area (Å²) in [5.41, 5.74) is 0.505. The predicted molar refractivity (Wildman–Crippen MR) is 120 cm³/mol. The molecule has 0 aliphatic heterocycles. The number of amides is 2. The standard InChI is InChI=1S/C24H28N2O7/c1-24(2,3)33-23(30)26-19(14-20(27)32-15-16-9-6-5-7-10-16)21(28)25-18-12-8-11-17(13-18)22(29)31-4/h5-13,19H,14-15H2,1-4H3,(H,25,28)(H,26,30)/t19-/m0/s1. The molecular formula is C24H28N2O7. The highest BCUT2D eigenvalue weighted by Gasteiger charge is 2.27. The molecule has 0 fully saturated rings. The first-order valence-electron chi connectivity index (χ1n) is 10.3. The topological polar surface area (TPSA) is 120 Å². The fourth-order valence-electron chi connectivity index (χ4n) is 2.69. The first-order chi connectivity index (χ1) is 15.6. The second-order valence-electron chi connectivity index (χ2n) is 8.11. The number of methoxy groups -OCH3 is 1. The summed E-state index contributed by atoms with van der Waals surface area (Å²) >= 11 is 0. The molecule has 0 saturated heterocycles. The lowest BCUT2D eigenvalue weighted by molar-refractivity contribution is -0.146. The number of hydrogen-bond acceptors (Lipinski definition) is 7. The third kappa shape index (κ3) is 9.02. The molecule has 33 heavy (non-hydrogen) atoms. The maximum atomic E-state index is 12.9. The molecule has 0 heterocycles. The van der Waals surface area contributed by atoms with Gasteiger partial charge in [0.25, 0.3) is 0 Å². The van der Waals surface area contributed by atoms with Crippen LogP contribution in [0.25, 0.3) is 0 Å². The number of carbonyl (C=O) groups excluding carboxylic acids is 4. The number of carbonyl (C=O) groups is 4. The minimum Gasteiger partial charge on any atom is -0.465 e. The zero-order chi connectivity index (χ0) is 24.4. The lowest BCUT2D eigenvalue weighted by Gasteiger charge is -2.23. The van der Waals surface area contributed by atoms with Crippen LogP contribution in [-0.4, -0.2) is 42.7 Å². The Morgan fingerprint density at radius 1 is 0.970 bits per heavy atom. The largest absolute Gasteiger partial charge is 0.465 e. The molecule has 2 N–H and O–H groups in total. The third-order valence-electron chi connectivity index (χ3n) is 4.17. The van der Waals surface area contributed by atoms with E-state index in [0.717, 1.165) is 5.56 Å². The fourth-order valence-corrected chi connectivity index (χ4v) is 2.69. The van der Waals surface area contributed by atoms with Gasteiger partial charge >= 0.3 is 18.0 Å². The van der Waals surface area contributed by atoms with Crippen molar-refractivity contribution < 1.29 is 33.4 Å². The Bertz CT molecular complexity index is 984. The molecule has 0 aliphatic rings. The average Bonchev–Trinajstić information content (AvgIpc) is 2.76. The van der Waals surface area contributed by atoms with Gasteiger partial charge in [0.15, 0.2) is 0 Å². The normalized spacial score (nSPS) is 11.6. The van der Waals surface area contributed by atoms with Crippen LogP contribution in [0.3, 0.4) is 0 Å². The van der Waals surface area contributed by atoms with Crippen molar-refractivity contribution in [3.05, 3.63) is 65.7 Å². The summed E-state index contributed by atoms with van der Waals surface area (Å²) in [6.45, 7) is 5.05. The molecule has 0 radical (unpaired) electrons. The van der Waals surface area contributed by atoms with Crippen LogP contribution in [0, 0.1) is 0 Å². The minimum atomic E-state index is -1.27. The van der Waals surface area contributed by atoms with E-state index in [1.165, 1.54) is 19.2 Å². The smallest absolute Gasteiger partial charge is 0.408 e. The van der Waals surface area contributed by atoms with Gasteiger partial charge in [-0.05, 0) is 44.5 Å². The molecule has 9 heteroatoms. The molecule has 0 spiro atoms. The first kappa shape index (κ1) is 25.4. The van der Waals surface area contributed by atoms with E-state index in [-0.39, 0.29) is 17.9 Å². The van der Waals surface area contributed by atoms with Gasteiger partial charge < -0.3 is 24.8 Å². The van der Waals surface area contributed by atoms with Crippen LogP contribution in [0.5, 0.6) is 0 Å². The van der Waals surface area contributed by atoms with Crippen molar-refractivity contribution in [3.63, 3.8) is 0 Å². The number of nitrogens with one attached hydrogen (secondary N) is 2. The Hall–Kier alpha value is -3.88. The first-order valence-corrected chi connectivity index (χ1v) is 10.3. The van der Waals surface area contributed by atoms with E-state index in [9.17, 15) is 19.2 Å². The average molecular weight is 456 g/mol. The maximum absolute atomic E-state index is 12.9. The maximum Gasteiger partial charge on any atom is 0.408 e. The van der Waals surface area contributed by atoms with E-state index in [0.29, 0.717) is 0 Å². The number of rotatable bonds is 8. The minimum absolute atomic E-state index is 0.0294. The molecule has 176 valence electrons. The molecule has 2 aromatic carbocycles. The summed E-state index contributed by atoms with van der Waals surface area (Å²) in [6.07, 6.45) is -1.28. The Labute approximate surface area is 192 Å². The zero-order valence-electron chi connectivity index (χ0n) is 19.0. The number of alkyl carbamates (subject to hydrolysis) is 1. The number of anilines is 1. The van der Waals surface area contributed by atoms with Crippen LogP contribution in [0.1, 0.15) is 43.1 Å². The molecule has 2 amide bonds. The van der Waals surface area contributed by atoms with Gasteiger partial charge in [-0.25, -0.2) is 9.59 Å². The van der Waals surface area contributed by atoms with Crippen molar-refractivity contribution >= 4 is 29.6 Å². The Morgan fingerprint density at radius 2 is 1.67 bits per heavy atom. The second-order valence-corrected chi connectivity index (χ2v) is 8.11. The highest BCUT2D eigenvalue weighted by molar-refractivity contribution is 5.99.